The predicted octanol–water partition coefficient (Wildman–Crippen LogP) is 7.51. The number of aromatic nitrogens is 1. The molecule has 1 aliphatic heterocycles. The summed E-state index contributed by atoms with van der Waals surface area (Å²) in [5.74, 6) is -0.0632. The lowest BCUT2D eigenvalue weighted by molar-refractivity contribution is -0.125. The zero-order chi connectivity index (χ0) is 35.5. The maximum absolute atomic E-state index is 14.2. The molecule has 2 aromatic carbocycles. The van der Waals surface area contributed by atoms with E-state index in [2.05, 4.69) is 10.3 Å². The molecular weight excluding hydrogens is 638 g/mol. The molecule has 2 heterocycles. The number of aliphatic hydroxyl groups is 1. The summed E-state index contributed by atoms with van der Waals surface area (Å²) in [6.45, 7) is 6.79. The normalized spacial score (nSPS) is 19.6. The second-order valence-electron chi connectivity index (χ2n) is 14.7. The summed E-state index contributed by atoms with van der Waals surface area (Å²) in [4.78, 5) is 45.8. The number of nitrogens with zero attached hydrogens (tertiary/aromatic N) is 2. The lowest BCUT2D eigenvalue weighted by Gasteiger charge is -2.26. The number of hydrogen-bond acceptors (Lipinski definition) is 9. The Hall–Kier alpha value is -3.96. The van der Waals surface area contributed by atoms with E-state index in [0.717, 1.165) is 18.4 Å². The van der Waals surface area contributed by atoms with E-state index in [9.17, 15) is 19.5 Å². The number of ether oxygens (including phenoxy) is 3. The Morgan fingerprint density at radius 1 is 1.02 bits per heavy atom. The van der Waals surface area contributed by atoms with Gasteiger partial charge in [0.25, 0.3) is 0 Å². The fourth-order valence-corrected chi connectivity index (χ4v) is 6.87. The van der Waals surface area contributed by atoms with Crippen molar-refractivity contribution in [2.24, 2.45) is 11.8 Å². The number of alkyl carbamates (subject to hydrolysis) is 1. The summed E-state index contributed by atoms with van der Waals surface area (Å²) >= 11 is 0. The van der Waals surface area contributed by atoms with Crippen LogP contribution in [-0.4, -0.2) is 70.4 Å². The molecular formula is C39H53N3O8. The maximum atomic E-state index is 14.2. The molecule has 272 valence electrons. The third-order valence-electron chi connectivity index (χ3n) is 9.51. The van der Waals surface area contributed by atoms with E-state index in [1.165, 1.54) is 24.2 Å². The summed E-state index contributed by atoms with van der Waals surface area (Å²) in [6.07, 6.45) is 5.55. The van der Waals surface area contributed by atoms with Crippen molar-refractivity contribution in [3.63, 3.8) is 0 Å². The van der Waals surface area contributed by atoms with Gasteiger partial charge in [-0.1, -0.05) is 68.1 Å². The van der Waals surface area contributed by atoms with Crippen LogP contribution < -0.4 is 5.32 Å². The number of amides is 2. The lowest BCUT2D eigenvalue weighted by Crippen LogP contribution is -2.41. The Balaban J connectivity index is 1.26. The van der Waals surface area contributed by atoms with E-state index in [1.54, 1.807) is 26.8 Å². The molecule has 1 aliphatic carbocycles. The highest BCUT2D eigenvalue weighted by atomic mass is 16.6. The number of para-hydroxylation sites is 2. The lowest BCUT2D eigenvalue weighted by atomic mass is 9.88. The highest BCUT2D eigenvalue weighted by Crippen LogP contribution is 2.34. The van der Waals surface area contributed by atoms with Gasteiger partial charge in [0.15, 0.2) is 11.4 Å². The van der Waals surface area contributed by atoms with Crippen LogP contribution in [0.2, 0.25) is 0 Å². The Morgan fingerprint density at radius 3 is 2.50 bits per heavy atom. The molecule has 5 rings (SSSR count). The first-order chi connectivity index (χ1) is 24.1. The number of benzene rings is 2. The molecule has 1 aromatic heterocycles. The van der Waals surface area contributed by atoms with Crippen LogP contribution in [0.4, 0.5) is 9.59 Å². The fraction of sp³-hybridized carbons (Fsp3) is 0.590. The molecule has 50 heavy (non-hydrogen) atoms. The van der Waals surface area contributed by atoms with Crippen LogP contribution in [-0.2, 0) is 25.6 Å². The Labute approximate surface area is 295 Å². The first kappa shape index (κ1) is 37.3. The SMILES string of the molecule is CC(C)(C)OC(=O)NCCCC[C@H](CC(=O)[C@@H]1C[C@@H](OCC2CCCCC2)CN1C(=O)OCc1ccccc1)C(O)c1nc2ccccc2o1. The minimum atomic E-state index is -1.15. The van der Waals surface area contributed by atoms with Gasteiger partial charge >= 0.3 is 12.2 Å². The van der Waals surface area contributed by atoms with Crippen molar-refractivity contribution in [1.82, 2.24) is 15.2 Å². The fourth-order valence-electron chi connectivity index (χ4n) is 6.87. The molecule has 0 radical (unpaired) electrons. The number of rotatable bonds is 15. The second kappa shape index (κ2) is 17.8. The van der Waals surface area contributed by atoms with Crippen LogP contribution in [0.15, 0.2) is 59.0 Å². The zero-order valence-corrected chi connectivity index (χ0v) is 29.7. The quantitative estimate of drug-likeness (QED) is 0.155. The summed E-state index contributed by atoms with van der Waals surface area (Å²) in [6, 6.07) is 16.0. The second-order valence-corrected chi connectivity index (χ2v) is 14.7. The summed E-state index contributed by atoms with van der Waals surface area (Å²) in [7, 11) is 0. The number of Topliss-reactive ketones (excluding diaryl/α,β-unsaturated/α-hetero) is 1. The molecule has 3 aromatic rings. The van der Waals surface area contributed by atoms with Gasteiger partial charge in [-0.25, -0.2) is 14.6 Å². The van der Waals surface area contributed by atoms with Gasteiger partial charge in [-0.2, -0.15) is 0 Å². The number of hydrogen-bond donors (Lipinski definition) is 2. The van der Waals surface area contributed by atoms with E-state index in [1.807, 2.05) is 48.5 Å². The molecule has 11 heteroatoms. The molecule has 2 N–H and O–H groups in total. The molecule has 2 aliphatic rings. The largest absolute Gasteiger partial charge is 0.445 e. The van der Waals surface area contributed by atoms with E-state index in [4.69, 9.17) is 18.6 Å². The Bertz CT molecular complexity index is 1500. The number of carbonyl (C=O) groups excluding carboxylic acids is 3. The molecule has 1 unspecified atom stereocenters. The van der Waals surface area contributed by atoms with Gasteiger partial charge in [-0.05, 0) is 70.1 Å². The van der Waals surface area contributed by atoms with Crippen molar-refractivity contribution < 1.29 is 38.1 Å². The molecule has 4 atom stereocenters. The number of nitrogens with one attached hydrogen (secondary N) is 1. The summed E-state index contributed by atoms with van der Waals surface area (Å²) in [5, 5.41) is 14.3. The minimum Gasteiger partial charge on any atom is -0.445 e. The average molecular weight is 692 g/mol. The van der Waals surface area contributed by atoms with E-state index >= 15 is 0 Å². The first-order valence-electron chi connectivity index (χ1n) is 18.2. The van der Waals surface area contributed by atoms with Crippen LogP contribution in [0.5, 0.6) is 0 Å². The van der Waals surface area contributed by atoms with Gasteiger partial charge in [0.05, 0.1) is 18.7 Å². The topological polar surface area (TPSA) is 140 Å². The van der Waals surface area contributed by atoms with Crippen LogP contribution in [0, 0.1) is 11.8 Å². The Morgan fingerprint density at radius 2 is 1.76 bits per heavy atom. The number of oxazole rings is 1. The van der Waals surface area contributed by atoms with Crippen molar-refractivity contribution in [2.45, 2.75) is 115 Å². The van der Waals surface area contributed by atoms with Gasteiger partial charge in [0.1, 0.15) is 23.8 Å². The number of aliphatic hydroxyl groups excluding tert-OH is 1. The third-order valence-corrected chi connectivity index (χ3v) is 9.51. The molecule has 2 amide bonds. The van der Waals surface area contributed by atoms with Crippen molar-refractivity contribution in [2.75, 3.05) is 19.7 Å². The van der Waals surface area contributed by atoms with Crippen LogP contribution in [0.25, 0.3) is 11.1 Å². The molecule has 11 nitrogen and oxygen atoms in total. The molecule has 2 fully saturated rings. The van der Waals surface area contributed by atoms with Crippen LogP contribution in [0.1, 0.15) is 103 Å². The van der Waals surface area contributed by atoms with E-state index in [-0.39, 0.29) is 37.4 Å². The van der Waals surface area contributed by atoms with Crippen molar-refractivity contribution in [1.29, 1.82) is 0 Å². The van der Waals surface area contributed by atoms with Gasteiger partial charge in [0, 0.05) is 31.9 Å². The highest BCUT2D eigenvalue weighted by molar-refractivity contribution is 5.88. The third kappa shape index (κ3) is 11.0. The summed E-state index contributed by atoms with van der Waals surface area (Å²) in [5.41, 5.74) is 1.43. The predicted molar refractivity (Wildman–Crippen MR) is 188 cm³/mol. The molecule has 1 saturated carbocycles. The average Bonchev–Trinajstić information content (AvgIpc) is 3.74. The Kier molecular flexibility index (Phi) is 13.3. The summed E-state index contributed by atoms with van der Waals surface area (Å²) < 4.78 is 23.3. The van der Waals surface area contributed by atoms with Crippen LogP contribution >= 0.6 is 0 Å². The zero-order valence-electron chi connectivity index (χ0n) is 29.7. The number of carbonyl (C=O) groups is 3. The number of fused-ring (bicyclic) bond motifs is 1. The first-order valence-corrected chi connectivity index (χ1v) is 18.2. The monoisotopic (exact) mass is 691 g/mol. The standard InChI is InChI=1S/C39H53N3O8/c1-39(2,3)50-37(45)40-21-13-12-18-29(35(44)36-41-31-19-10-11-20-34(31)49-36)22-33(43)32-23-30(47-25-27-14-6-4-7-15-27)24-42(32)38(46)48-26-28-16-8-5-9-17-28/h5,8-11,16-17,19-20,27,29-30,32,35,44H,4,6-7,12-15,18,21-26H2,1-3H3,(H,40,45)/t29-,30-,32+,35?/m1/s1. The number of likely N-dealkylation sites (tertiary alicyclic amines) is 1. The number of ketones is 1. The van der Waals surface area contributed by atoms with Gasteiger partial charge in [-0.15, -0.1) is 0 Å². The smallest absolute Gasteiger partial charge is 0.410 e. The van der Waals surface area contributed by atoms with Crippen molar-refractivity contribution in [3.05, 3.63) is 66.1 Å². The van der Waals surface area contributed by atoms with E-state index < -0.39 is 35.9 Å². The van der Waals surface area contributed by atoms with Crippen LogP contribution in [0.3, 0.4) is 0 Å². The molecule has 0 spiro atoms. The van der Waals surface area contributed by atoms with E-state index in [0.29, 0.717) is 55.9 Å². The minimum absolute atomic E-state index is 0.00185. The number of unbranched alkanes of at least 4 members (excludes halogenated alkanes) is 1. The van der Waals surface area contributed by atoms with Gasteiger partial charge < -0.3 is 29.1 Å². The van der Waals surface area contributed by atoms with Crippen molar-refractivity contribution in [3.8, 4) is 0 Å². The van der Waals surface area contributed by atoms with Gasteiger partial charge in [0.2, 0.25) is 5.89 Å². The molecule has 1 saturated heterocycles. The van der Waals surface area contributed by atoms with Gasteiger partial charge in [-0.3, -0.25) is 9.69 Å². The molecule has 0 bridgehead atoms. The van der Waals surface area contributed by atoms with Crippen molar-refractivity contribution >= 4 is 29.1 Å². The maximum Gasteiger partial charge on any atom is 0.410 e. The highest BCUT2D eigenvalue weighted by Gasteiger charge is 2.42.